The van der Waals surface area contributed by atoms with Gasteiger partial charge in [0.05, 0.1) is 12.7 Å². The van der Waals surface area contributed by atoms with Crippen LogP contribution in [0.25, 0.3) is 0 Å². The molecule has 0 saturated carbocycles. The van der Waals surface area contributed by atoms with Crippen molar-refractivity contribution in [2.24, 2.45) is 0 Å². The number of hydrogen-bond donors (Lipinski definition) is 0. The largest absolute Gasteiger partial charge is 0.478 e. The maximum Gasteiger partial charge on any atom is 0.213 e. The Labute approximate surface area is 71.6 Å². The van der Waals surface area contributed by atoms with Gasteiger partial charge in [-0.1, -0.05) is 6.07 Å². The molecule has 0 aliphatic carbocycles. The monoisotopic (exact) mass is 162 g/mol. The Balaban J connectivity index is 2.21. The lowest BCUT2D eigenvalue weighted by molar-refractivity contribution is 0.301. The van der Waals surface area contributed by atoms with Gasteiger partial charge in [0.2, 0.25) is 5.88 Å². The summed E-state index contributed by atoms with van der Waals surface area (Å²) < 4.78 is 5.25. The van der Waals surface area contributed by atoms with Crippen molar-refractivity contribution in [2.45, 2.75) is 12.8 Å². The summed E-state index contributed by atoms with van der Waals surface area (Å²) in [6.45, 7) is 0.560. The van der Waals surface area contributed by atoms with Crippen LogP contribution in [-0.2, 0) is 0 Å². The van der Waals surface area contributed by atoms with E-state index in [0.29, 0.717) is 18.9 Å². The van der Waals surface area contributed by atoms with Gasteiger partial charge in [-0.05, 0) is 12.5 Å². The highest BCUT2D eigenvalue weighted by molar-refractivity contribution is 5.08. The fourth-order valence-electron chi connectivity index (χ4n) is 0.760. The van der Waals surface area contributed by atoms with Gasteiger partial charge in [0.15, 0.2) is 0 Å². The fourth-order valence-corrected chi connectivity index (χ4v) is 0.760. The molecule has 62 valence electrons. The van der Waals surface area contributed by atoms with E-state index in [1.807, 2.05) is 12.1 Å². The smallest absolute Gasteiger partial charge is 0.213 e. The molecular weight excluding hydrogens is 152 g/mol. The van der Waals surface area contributed by atoms with Crippen LogP contribution in [0.4, 0.5) is 0 Å². The van der Waals surface area contributed by atoms with E-state index >= 15 is 0 Å². The molecule has 0 aliphatic rings. The molecule has 0 bridgehead atoms. The Kier molecular flexibility index (Phi) is 3.65. The van der Waals surface area contributed by atoms with Crippen LogP contribution in [0.5, 0.6) is 5.88 Å². The van der Waals surface area contributed by atoms with E-state index in [-0.39, 0.29) is 0 Å². The number of rotatable bonds is 4. The molecule has 1 rings (SSSR count). The summed E-state index contributed by atoms with van der Waals surface area (Å²) in [6, 6.07) is 7.55. The summed E-state index contributed by atoms with van der Waals surface area (Å²) in [4.78, 5) is 3.97. The van der Waals surface area contributed by atoms with Gasteiger partial charge in [0.25, 0.3) is 0 Å². The van der Waals surface area contributed by atoms with Crippen molar-refractivity contribution in [1.82, 2.24) is 4.98 Å². The highest BCUT2D eigenvalue weighted by Gasteiger charge is 1.91. The van der Waals surface area contributed by atoms with E-state index in [0.717, 1.165) is 6.42 Å². The summed E-state index contributed by atoms with van der Waals surface area (Å²) in [7, 11) is 0. The van der Waals surface area contributed by atoms with Gasteiger partial charge in [-0.15, -0.1) is 0 Å². The van der Waals surface area contributed by atoms with Crippen LogP contribution in [0.3, 0.4) is 0 Å². The van der Waals surface area contributed by atoms with Gasteiger partial charge < -0.3 is 4.74 Å². The molecule has 0 amide bonds. The first-order chi connectivity index (χ1) is 5.93. The van der Waals surface area contributed by atoms with Crippen molar-refractivity contribution < 1.29 is 4.74 Å². The summed E-state index contributed by atoms with van der Waals surface area (Å²) >= 11 is 0. The summed E-state index contributed by atoms with van der Waals surface area (Å²) in [5.41, 5.74) is 0. The minimum Gasteiger partial charge on any atom is -0.478 e. The Morgan fingerprint density at radius 3 is 3.08 bits per heavy atom. The zero-order valence-electron chi connectivity index (χ0n) is 6.73. The SMILES string of the molecule is N#CCCCOc1ccccn1. The van der Waals surface area contributed by atoms with Crippen LogP contribution in [0.15, 0.2) is 24.4 Å². The Bertz CT molecular complexity index is 253. The van der Waals surface area contributed by atoms with Gasteiger partial charge in [-0.2, -0.15) is 5.26 Å². The Morgan fingerprint density at radius 1 is 1.50 bits per heavy atom. The van der Waals surface area contributed by atoms with Crippen LogP contribution >= 0.6 is 0 Å². The average molecular weight is 162 g/mol. The van der Waals surface area contributed by atoms with Crippen molar-refractivity contribution >= 4 is 0 Å². The quantitative estimate of drug-likeness (QED) is 0.634. The number of ether oxygens (including phenoxy) is 1. The minimum atomic E-state index is 0.535. The first-order valence-electron chi connectivity index (χ1n) is 3.84. The lowest BCUT2D eigenvalue weighted by atomic mass is 10.3. The molecule has 0 saturated heterocycles. The predicted molar refractivity (Wildman–Crippen MR) is 44.6 cm³/mol. The van der Waals surface area contributed by atoms with Crippen molar-refractivity contribution in [3.05, 3.63) is 24.4 Å². The van der Waals surface area contributed by atoms with Crippen LogP contribution < -0.4 is 4.74 Å². The van der Waals surface area contributed by atoms with Crippen molar-refractivity contribution in [1.29, 1.82) is 5.26 Å². The molecule has 1 heterocycles. The summed E-state index contributed by atoms with van der Waals surface area (Å²) in [5, 5.41) is 8.24. The number of aromatic nitrogens is 1. The molecule has 3 nitrogen and oxygen atoms in total. The van der Waals surface area contributed by atoms with Gasteiger partial charge in [0.1, 0.15) is 0 Å². The van der Waals surface area contributed by atoms with Crippen molar-refractivity contribution in [2.75, 3.05) is 6.61 Å². The molecule has 0 radical (unpaired) electrons. The third-order valence-corrected chi connectivity index (χ3v) is 1.32. The fraction of sp³-hybridized carbons (Fsp3) is 0.333. The van der Waals surface area contributed by atoms with Gasteiger partial charge >= 0.3 is 0 Å². The standard InChI is InChI=1S/C9H10N2O/c10-6-2-4-8-12-9-5-1-3-7-11-9/h1,3,5,7H,2,4,8H2. The van der Waals surface area contributed by atoms with Crippen LogP contribution in [0, 0.1) is 11.3 Å². The zero-order valence-corrected chi connectivity index (χ0v) is 6.73. The Hall–Kier alpha value is -1.56. The molecule has 0 aliphatic heterocycles. The topological polar surface area (TPSA) is 45.9 Å². The normalized spacial score (nSPS) is 8.92. The average Bonchev–Trinajstić information content (AvgIpc) is 2.14. The first-order valence-corrected chi connectivity index (χ1v) is 3.84. The van der Waals surface area contributed by atoms with Crippen LogP contribution in [0.2, 0.25) is 0 Å². The molecule has 3 heteroatoms. The van der Waals surface area contributed by atoms with E-state index in [1.165, 1.54) is 0 Å². The van der Waals surface area contributed by atoms with E-state index in [4.69, 9.17) is 10.00 Å². The second-order valence-corrected chi connectivity index (χ2v) is 2.28. The van der Waals surface area contributed by atoms with Crippen molar-refractivity contribution in [3.63, 3.8) is 0 Å². The van der Waals surface area contributed by atoms with E-state index < -0.39 is 0 Å². The maximum atomic E-state index is 8.24. The molecule has 0 aromatic carbocycles. The summed E-state index contributed by atoms with van der Waals surface area (Å²) in [6.07, 6.45) is 2.97. The third kappa shape index (κ3) is 3.02. The third-order valence-electron chi connectivity index (χ3n) is 1.32. The van der Waals surface area contributed by atoms with Crippen LogP contribution in [0.1, 0.15) is 12.8 Å². The van der Waals surface area contributed by atoms with E-state index in [2.05, 4.69) is 11.1 Å². The second kappa shape index (κ2) is 5.14. The number of pyridine rings is 1. The molecular formula is C9H10N2O. The van der Waals surface area contributed by atoms with Gasteiger partial charge in [-0.3, -0.25) is 0 Å². The highest BCUT2D eigenvalue weighted by atomic mass is 16.5. The molecule has 12 heavy (non-hydrogen) atoms. The van der Waals surface area contributed by atoms with Gasteiger partial charge in [0, 0.05) is 18.7 Å². The van der Waals surface area contributed by atoms with E-state index in [1.54, 1.807) is 12.3 Å². The zero-order chi connectivity index (χ0) is 8.65. The molecule has 0 fully saturated rings. The predicted octanol–water partition coefficient (Wildman–Crippen LogP) is 1.76. The van der Waals surface area contributed by atoms with Crippen LogP contribution in [-0.4, -0.2) is 11.6 Å². The number of nitriles is 1. The minimum absolute atomic E-state index is 0.535. The summed E-state index contributed by atoms with van der Waals surface area (Å²) in [5.74, 6) is 0.621. The van der Waals surface area contributed by atoms with E-state index in [9.17, 15) is 0 Å². The molecule has 0 spiro atoms. The second-order valence-electron chi connectivity index (χ2n) is 2.28. The molecule has 0 N–H and O–H groups in total. The first kappa shape index (κ1) is 8.54. The number of unbranched alkanes of at least 4 members (excludes halogenated alkanes) is 1. The molecule has 0 atom stereocenters. The number of nitrogens with zero attached hydrogens (tertiary/aromatic N) is 2. The molecule has 1 aromatic heterocycles. The van der Waals surface area contributed by atoms with Crippen molar-refractivity contribution in [3.8, 4) is 11.9 Å². The maximum absolute atomic E-state index is 8.24. The molecule has 0 unspecified atom stereocenters. The lowest BCUT2D eigenvalue weighted by Gasteiger charge is -2.01. The Morgan fingerprint density at radius 2 is 2.42 bits per heavy atom. The highest BCUT2D eigenvalue weighted by Crippen LogP contribution is 2.03. The van der Waals surface area contributed by atoms with Gasteiger partial charge in [-0.25, -0.2) is 4.98 Å². The molecule has 1 aromatic rings. The number of hydrogen-bond acceptors (Lipinski definition) is 3. The lowest BCUT2D eigenvalue weighted by Crippen LogP contribution is -1.97.